The Kier molecular flexibility index (Phi) is 7.30. The van der Waals surface area contributed by atoms with Crippen LogP contribution in [0.1, 0.15) is 48.3 Å². The Morgan fingerprint density at radius 3 is 2.41 bits per heavy atom. The number of anilines is 1. The molecule has 6 nitrogen and oxygen atoms in total. The first-order valence-corrected chi connectivity index (χ1v) is 11.0. The van der Waals surface area contributed by atoms with Gasteiger partial charge < -0.3 is 20.3 Å². The quantitative estimate of drug-likeness (QED) is 0.495. The molecular weight excluding hydrogens is 422 g/mol. The van der Waals surface area contributed by atoms with Crippen LogP contribution in [0.5, 0.6) is 0 Å². The van der Waals surface area contributed by atoms with E-state index in [0.717, 1.165) is 16.8 Å². The molecule has 0 saturated carbocycles. The first-order valence-electron chi connectivity index (χ1n) is 10.6. The molecule has 3 rings (SSSR count). The van der Waals surface area contributed by atoms with Gasteiger partial charge in [-0.25, -0.2) is 4.79 Å². The second-order valence-corrected chi connectivity index (χ2v) is 8.71. The Balaban J connectivity index is 1.83. The summed E-state index contributed by atoms with van der Waals surface area (Å²) in [5.41, 5.74) is 4.35. The number of hydrogen-bond donors (Lipinski definition) is 2. The third-order valence-corrected chi connectivity index (χ3v) is 5.80. The Morgan fingerprint density at radius 2 is 1.78 bits per heavy atom. The number of rotatable bonds is 6. The number of carbonyl (C=O) groups is 2. The molecule has 32 heavy (non-hydrogen) atoms. The number of amides is 1. The van der Waals surface area contributed by atoms with E-state index in [9.17, 15) is 9.59 Å². The van der Waals surface area contributed by atoms with Gasteiger partial charge in [0.2, 0.25) is 0 Å². The van der Waals surface area contributed by atoms with Crippen LogP contribution in [-0.4, -0.2) is 35.5 Å². The lowest BCUT2D eigenvalue weighted by Crippen LogP contribution is -2.46. The summed E-state index contributed by atoms with van der Waals surface area (Å²) in [6.07, 6.45) is 0. The molecule has 2 N–H and O–H groups in total. The van der Waals surface area contributed by atoms with Crippen molar-refractivity contribution < 1.29 is 14.3 Å². The van der Waals surface area contributed by atoms with E-state index in [4.69, 9.17) is 17.0 Å². The van der Waals surface area contributed by atoms with Crippen molar-refractivity contribution in [3.8, 4) is 0 Å². The summed E-state index contributed by atoms with van der Waals surface area (Å²) in [6, 6.07) is 14.4. The second kappa shape index (κ2) is 9.96. The van der Waals surface area contributed by atoms with E-state index in [1.165, 1.54) is 0 Å². The van der Waals surface area contributed by atoms with Crippen LogP contribution >= 0.6 is 12.2 Å². The third-order valence-electron chi connectivity index (χ3n) is 5.41. The smallest absolute Gasteiger partial charge is 0.338 e. The van der Waals surface area contributed by atoms with Gasteiger partial charge in [-0.05, 0) is 61.3 Å². The van der Waals surface area contributed by atoms with E-state index in [1.807, 2.05) is 77.2 Å². The fourth-order valence-corrected chi connectivity index (χ4v) is 3.71. The van der Waals surface area contributed by atoms with Crippen molar-refractivity contribution in [3.05, 3.63) is 76.5 Å². The first kappa shape index (κ1) is 23.5. The molecule has 0 saturated heterocycles. The van der Waals surface area contributed by atoms with Gasteiger partial charge in [-0.3, -0.25) is 4.79 Å². The molecule has 7 heteroatoms. The molecule has 1 atom stereocenters. The summed E-state index contributed by atoms with van der Waals surface area (Å²) in [4.78, 5) is 27.3. The molecule has 0 aromatic heterocycles. The van der Waals surface area contributed by atoms with Crippen molar-refractivity contribution in [1.82, 2.24) is 10.2 Å². The normalized spacial score (nSPS) is 16.1. The number of allylic oxidation sites excluding steroid dienone is 1. The van der Waals surface area contributed by atoms with Gasteiger partial charge in [-0.1, -0.05) is 44.2 Å². The Hall–Kier alpha value is -3.19. The summed E-state index contributed by atoms with van der Waals surface area (Å²) in [6.45, 7) is 8.11. The van der Waals surface area contributed by atoms with Gasteiger partial charge in [0.05, 0.1) is 18.2 Å². The number of aryl methyl sites for hydroxylation is 1. The molecule has 1 aliphatic heterocycles. The van der Waals surface area contributed by atoms with Crippen molar-refractivity contribution in [2.24, 2.45) is 5.92 Å². The minimum Gasteiger partial charge on any atom is -0.462 e. The van der Waals surface area contributed by atoms with Crippen LogP contribution in [0.15, 0.2) is 59.8 Å². The first-order chi connectivity index (χ1) is 15.2. The molecule has 0 radical (unpaired) electrons. The number of ether oxygens (including phenoxy) is 1. The minimum absolute atomic E-state index is 0.164. The zero-order valence-electron chi connectivity index (χ0n) is 19.1. The third kappa shape index (κ3) is 5.16. The molecule has 168 valence electrons. The van der Waals surface area contributed by atoms with Gasteiger partial charge >= 0.3 is 5.97 Å². The molecule has 0 spiro atoms. The highest BCUT2D eigenvalue weighted by Gasteiger charge is 2.33. The maximum atomic E-state index is 12.9. The lowest BCUT2D eigenvalue weighted by Gasteiger charge is -2.35. The van der Waals surface area contributed by atoms with Crippen molar-refractivity contribution in [2.75, 3.05) is 19.0 Å². The largest absolute Gasteiger partial charge is 0.462 e. The lowest BCUT2D eigenvalue weighted by atomic mass is 9.95. The molecule has 2 aromatic rings. The molecule has 1 heterocycles. The van der Waals surface area contributed by atoms with Crippen LogP contribution in [-0.2, 0) is 9.53 Å². The van der Waals surface area contributed by atoms with E-state index in [-0.39, 0.29) is 17.8 Å². The number of nitrogens with zero attached hydrogens (tertiary/aromatic N) is 1. The lowest BCUT2D eigenvalue weighted by molar-refractivity contribution is -0.140. The van der Waals surface area contributed by atoms with Crippen LogP contribution in [0.25, 0.3) is 0 Å². The standard InChI is InChI=1S/C25H29N3O3S/c1-15(2)14-31-24(30)21-17(4)28(5)25(32)27-22(21)18-10-12-19(13-11-18)26-23(29)20-9-7-6-8-16(20)3/h6-13,15,22H,14H2,1-5H3,(H,26,29)(H,27,32)/t22-/m0/s1. The van der Waals surface area contributed by atoms with Gasteiger partial charge in [-0.2, -0.15) is 0 Å². The van der Waals surface area contributed by atoms with Crippen LogP contribution in [0.4, 0.5) is 5.69 Å². The number of thiocarbonyl (C=S) groups is 1. The fraction of sp³-hybridized carbons (Fsp3) is 0.320. The predicted octanol–water partition coefficient (Wildman–Crippen LogP) is 4.58. The SMILES string of the molecule is CC1=C(C(=O)OCC(C)C)[C@H](c2ccc(NC(=O)c3ccccc3C)cc2)NC(=S)N1C. The van der Waals surface area contributed by atoms with Gasteiger partial charge in [0.15, 0.2) is 5.11 Å². The Morgan fingerprint density at radius 1 is 1.12 bits per heavy atom. The molecule has 0 aliphatic carbocycles. The molecule has 0 fully saturated rings. The van der Waals surface area contributed by atoms with Crippen LogP contribution in [0, 0.1) is 12.8 Å². The highest BCUT2D eigenvalue weighted by molar-refractivity contribution is 7.80. The van der Waals surface area contributed by atoms with Gasteiger partial charge in [0, 0.05) is 24.0 Å². The highest BCUT2D eigenvalue weighted by Crippen LogP contribution is 2.31. The second-order valence-electron chi connectivity index (χ2n) is 8.32. The predicted molar refractivity (Wildman–Crippen MR) is 130 cm³/mol. The number of hydrogen-bond acceptors (Lipinski definition) is 4. The number of benzene rings is 2. The van der Waals surface area contributed by atoms with Gasteiger partial charge in [0.25, 0.3) is 5.91 Å². The van der Waals surface area contributed by atoms with Crippen molar-refractivity contribution in [2.45, 2.75) is 33.7 Å². The zero-order chi connectivity index (χ0) is 23.4. The van der Waals surface area contributed by atoms with Crippen molar-refractivity contribution >= 4 is 34.9 Å². The maximum Gasteiger partial charge on any atom is 0.338 e. The molecular formula is C25H29N3O3S. The molecule has 1 aliphatic rings. The monoisotopic (exact) mass is 451 g/mol. The summed E-state index contributed by atoms with van der Waals surface area (Å²) in [5, 5.41) is 6.69. The van der Waals surface area contributed by atoms with Gasteiger partial charge in [0.1, 0.15) is 0 Å². The highest BCUT2D eigenvalue weighted by atomic mass is 32.1. The van der Waals surface area contributed by atoms with Crippen molar-refractivity contribution in [3.63, 3.8) is 0 Å². The van der Waals surface area contributed by atoms with Gasteiger partial charge in [-0.15, -0.1) is 0 Å². The van der Waals surface area contributed by atoms with Crippen LogP contribution < -0.4 is 10.6 Å². The number of esters is 1. The fourth-order valence-electron chi connectivity index (χ4n) is 3.46. The van der Waals surface area contributed by atoms with E-state index < -0.39 is 6.04 Å². The average molecular weight is 452 g/mol. The Bertz CT molecular complexity index is 1060. The van der Waals surface area contributed by atoms with E-state index >= 15 is 0 Å². The van der Waals surface area contributed by atoms with E-state index in [0.29, 0.717) is 28.5 Å². The molecule has 0 bridgehead atoms. The summed E-state index contributed by atoms with van der Waals surface area (Å²) >= 11 is 5.45. The minimum atomic E-state index is -0.431. The zero-order valence-corrected chi connectivity index (χ0v) is 19.9. The summed E-state index contributed by atoms with van der Waals surface area (Å²) in [5.74, 6) is -0.284. The van der Waals surface area contributed by atoms with Crippen molar-refractivity contribution in [1.29, 1.82) is 0 Å². The molecule has 0 unspecified atom stereocenters. The Labute approximate surface area is 194 Å². The average Bonchev–Trinajstić information content (AvgIpc) is 2.76. The maximum absolute atomic E-state index is 12.9. The molecule has 2 aromatic carbocycles. The summed E-state index contributed by atoms with van der Waals surface area (Å²) in [7, 11) is 1.82. The number of carbonyl (C=O) groups excluding carboxylic acids is 2. The topological polar surface area (TPSA) is 70.7 Å². The van der Waals surface area contributed by atoms with Crippen LogP contribution in [0.2, 0.25) is 0 Å². The summed E-state index contributed by atoms with van der Waals surface area (Å²) < 4.78 is 5.52. The van der Waals surface area contributed by atoms with E-state index in [2.05, 4.69) is 10.6 Å². The van der Waals surface area contributed by atoms with Crippen LogP contribution in [0.3, 0.4) is 0 Å². The van der Waals surface area contributed by atoms with E-state index in [1.54, 1.807) is 11.0 Å². The molecule has 1 amide bonds. The number of nitrogens with one attached hydrogen (secondary N) is 2.